The fourth-order valence-corrected chi connectivity index (χ4v) is 3.25. The Morgan fingerprint density at radius 3 is 3.00 bits per heavy atom. The number of fused-ring (bicyclic) bond motifs is 1. The lowest BCUT2D eigenvalue weighted by atomic mass is 10.2. The van der Waals surface area contributed by atoms with Gasteiger partial charge in [-0.3, -0.25) is 0 Å². The monoisotopic (exact) mass is 300 g/mol. The highest BCUT2D eigenvalue weighted by Crippen LogP contribution is 2.25. The first-order chi connectivity index (χ1) is 10.2. The smallest absolute Gasteiger partial charge is 0.164 e. The van der Waals surface area contributed by atoms with Gasteiger partial charge in [0.05, 0.1) is 13.1 Å². The molecule has 2 heterocycles. The predicted molar refractivity (Wildman–Crippen MR) is 87.5 cm³/mol. The highest BCUT2D eigenvalue weighted by atomic mass is 32.1. The molecule has 0 atom stereocenters. The Balaban J connectivity index is 1.67. The molecule has 0 radical (unpaired) electrons. The molecule has 3 rings (SSSR count). The first-order valence-corrected chi connectivity index (χ1v) is 8.14. The van der Waals surface area contributed by atoms with Crippen molar-refractivity contribution in [3.05, 3.63) is 47.4 Å². The normalized spacial score (nSPS) is 11.6. The maximum absolute atomic E-state index is 4.54. The molecule has 2 aromatic heterocycles. The van der Waals surface area contributed by atoms with Gasteiger partial charge in [0.2, 0.25) is 0 Å². The van der Waals surface area contributed by atoms with Crippen LogP contribution in [0.1, 0.15) is 25.2 Å². The molecule has 0 amide bonds. The van der Waals surface area contributed by atoms with Crippen molar-refractivity contribution in [2.75, 3.05) is 6.54 Å². The maximum Gasteiger partial charge on any atom is 0.164 e. The molecule has 0 saturated heterocycles. The maximum atomic E-state index is 4.54. The molecule has 0 aliphatic rings. The van der Waals surface area contributed by atoms with E-state index in [2.05, 4.69) is 58.9 Å². The molecule has 0 spiro atoms. The second-order valence-electron chi connectivity index (χ2n) is 5.64. The van der Waals surface area contributed by atoms with Crippen LogP contribution in [0, 0.1) is 5.92 Å². The Labute approximate surface area is 128 Å². The Hall–Kier alpha value is -1.72. The molecule has 0 saturated carbocycles. The van der Waals surface area contributed by atoms with Crippen LogP contribution in [-0.4, -0.2) is 21.3 Å². The Morgan fingerprint density at radius 1 is 1.29 bits per heavy atom. The van der Waals surface area contributed by atoms with E-state index in [4.69, 9.17) is 0 Å². The van der Waals surface area contributed by atoms with E-state index in [0.717, 1.165) is 25.5 Å². The number of hydrogen-bond acceptors (Lipinski definition) is 4. The lowest BCUT2D eigenvalue weighted by Gasteiger charge is -2.04. The summed E-state index contributed by atoms with van der Waals surface area (Å²) < 4.78 is 3.24. The summed E-state index contributed by atoms with van der Waals surface area (Å²) in [7, 11) is 0. The van der Waals surface area contributed by atoms with Gasteiger partial charge in [-0.15, -0.1) is 11.3 Å². The van der Waals surface area contributed by atoms with Crippen LogP contribution >= 0.6 is 11.3 Å². The van der Waals surface area contributed by atoms with Crippen molar-refractivity contribution >= 4 is 21.4 Å². The van der Waals surface area contributed by atoms with E-state index in [9.17, 15) is 0 Å². The summed E-state index contributed by atoms with van der Waals surface area (Å²) in [4.78, 5) is 4.37. The van der Waals surface area contributed by atoms with Crippen LogP contribution in [0.3, 0.4) is 0 Å². The quantitative estimate of drug-likeness (QED) is 0.759. The minimum atomic E-state index is 0.643. The molecular weight excluding hydrogens is 280 g/mol. The zero-order valence-electron chi connectivity index (χ0n) is 12.4. The Kier molecular flexibility index (Phi) is 4.31. The number of rotatable bonds is 6. The van der Waals surface area contributed by atoms with E-state index in [1.54, 1.807) is 11.3 Å². The van der Waals surface area contributed by atoms with Gasteiger partial charge in [-0.2, -0.15) is 5.10 Å². The second-order valence-corrected chi connectivity index (χ2v) is 6.55. The van der Waals surface area contributed by atoms with Crippen molar-refractivity contribution in [1.82, 2.24) is 20.1 Å². The highest BCUT2D eigenvalue weighted by Gasteiger charge is 2.06. The number of thiophene rings is 1. The van der Waals surface area contributed by atoms with E-state index in [0.29, 0.717) is 5.92 Å². The summed E-state index contributed by atoms with van der Waals surface area (Å²) in [5.41, 5.74) is 1.31. The number of benzene rings is 1. The van der Waals surface area contributed by atoms with Gasteiger partial charge < -0.3 is 5.32 Å². The molecule has 110 valence electrons. The highest BCUT2D eigenvalue weighted by molar-refractivity contribution is 7.17. The second kappa shape index (κ2) is 6.37. The minimum Gasteiger partial charge on any atom is -0.310 e. The van der Waals surface area contributed by atoms with Gasteiger partial charge in [-0.25, -0.2) is 9.67 Å². The Bertz CT molecular complexity index is 714. The van der Waals surface area contributed by atoms with Gasteiger partial charge in [-0.1, -0.05) is 32.0 Å². The van der Waals surface area contributed by atoms with Crippen LogP contribution in [0.2, 0.25) is 0 Å². The van der Waals surface area contributed by atoms with Crippen LogP contribution in [0.5, 0.6) is 0 Å². The van der Waals surface area contributed by atoms with Gasteiger partial charge in [0, 0.05) is 4.70 Å². The molecule has 0 aliphatic heterocycles. The number of nitrogens with zero attached hydrogens (tertiary/aromatic N) is 3. The van der Waals surface area contributed by atoms with E-state index in [1.165, 1.54) is 15.6 Å². The molecule has 3 aromatic rings. The first kappa shape index (κ1) is 14.2. The van der Waals surface area contributed by atoms with Gasteiger partial charge in [-0.05, 0) is 34.9 Å². The zero-order chi connectivity index (χ0) is 14.7. The molecule has 1 N–H and O–H groups in total. The van der Waals surface area contributed by atoms with Crippen LogP contribution < -0.4 is 5.32 Å². The summed E-state index contributed by atoms with van der Waals surface area (Å²) in [5, 5.41) is 11.4. The summed E-state index contributed by atoms with van der Waals surface area (Å²) >= 11 is 1.78. The van der Waals surface area contributed by atoms with Crippen molar-refractivity contribution < 1.29 is 0 Å². The number of hydrogen-bond donors (Lipinski definition) is 1. The molecule has 4 nitrogen and oxygen atoms in total. The summed E-state index contributed by atoms with van der Waals surface area (Å²) in [6.07, 6.45) is 1.82. The van der Waals surface area contributed by atoms with Crippen LogP contribution in [0.4, 0.5) is 0 Å². The summed E-state index contributed by atoms with van der Waals surface area (Å²) in [5.74, 6) is 1.50. The molecule has 1 aromatic carbocycles. The third-order valence-corrected chi connectivity index (χ3v) is 4.33. The number of aromatic nitrogens is 3. The molecule has 0 aliphatic carbocycles. The molecular formula is C16H20N4S. The van der Waals surface area contributed by atoms with E-state index >= 15 is 0 Å². The third-order valence-electron chi connectivity index (χ3n) is 3.31. The van der Waals surface area contributed by atoms with Crippen molar-refractivity contribution in [3.63, 3.8) is 0 Å². The molecule has 0 unspecified atom stereocenters. The predicted octanol–water partition coefficient (Wildman–Crippen LogP) is 3.29. The minimum absolute atomic E-state index is 0.643. The largest absolute Gasteiger partial charge is 0.310 e. The third kappa shape index (κ3) is 3.49. The SMILES string of the molecule is CC(C)CNCc1ncn(Cc2csc3ccccc23)n1. The lowest BCUT2D eigenvalue weighted by molar-refractivity contribution is 0.540. The number of nitrogens with one attached hydrogen (secondary N) is 1. The van der Waals surface area contributed by atoms with Gasteiger partial charge in [0.1, 0.15) is 6.33 Å². The average Bonchev–Trinajstić information content (AvgIpc) is 3.07. The van der Waals surface area contributed by atoms with Crippen LogP contribution in [-0.2, 0) is 13.1 Å². The molecule has 0 bridgehead atoms. The zero-order valence-corrected chi connectivity index (χ0v) is 13.2. The molecule has 0 fully saturated rings. The van der Waals surface area contributed by atoms with E-state index < -0.39 is 0 Å². The average molecular weight is 300 g/mol. The van der Waals surface area contributed by atoms with Crippen molar-refractivity contribution in [3.8, 4) is 0 Å². The first-order valence-electron chi connectivity index (χ1n) is 7.26. The van der Waals surface area contributed by atoms with Gasteiger partial charge in [0.15, 0.2) is 5.82 Å². The standard InChI is InChI=1S/C16H20N4S/c1-12(2)7-17-8-16-18-11-20(19-16)9-13-10-21-15-6-4-3-5-14(13)15/h3-6,10-12,17H,7-9H2,1-2H3. The van der Waals surface area contributed by atoms with E-state index in [-0.39, 0.29) is 0 Å². The lowest BCUT2D eigenvalue weighted by Crippen LogP contribution is -2.19. The van der Waals surface area contributed by atoms with Crippen LogP contribution in [0.25, 0.3) is 10.1 Å². The summed E-state index contributed by atoms with van der Waals surface area (Å²) in [6.45, 7) is 6.89. The molecule has 5 heteroatoms. The topological polar surface area (TPSA) is 42.7 Å². The van der Waals surface area contributed by atoms with Crippen molar-refractivity contribution in [2.45, 2.75) is 26.9 Å². The summed E-state index contributed by atoms with van der Waals surface area (Å²) in [6, 6.07) is 8.49. The van der Waals surface area contributed by atoms with Gasteiger partial charge >= 0.3 is 0 Å². The Morgan fingerprint density at radius 2 is 2.14 bits per heavy atom. The van der Waals surface area contributed by atoms with Gasteiger partial charge in [0.25, 0.3) is 0 Å². The van der Waals surface area contributed by atoms with E-state index in [1.807, 2.05) is 11.0 Å². The van der Waals surface area contributed by atoms with Crippen molar-refractivity contribution in [1.29, 1.82) is 0 Å². The fourth-order valence-electron chi connectivity index (χ4n) is 2.29. The fraction of sp³-hybridized carbons (Fsp3) is 0.375. The molecule has 21 heavy (non-hydrogen) atoms. The van der Waals surface area contributed by atoms with Crippen LogP contribution in [0.15, 0.2) is 36.0 Å². The van der Waals surface area contributed by atoms with Crippen molar-refractivity contribution in [2.24, 2.45) is 5.92 Å².